The molecular formula is C22H20N4. The molecule has 26 heavy (non-hydrogen) atoms. The lowest BCUT2D eigenvalue weighted by molar-refractivity contribution is 0.681. The van der Waals surface area contributed by atoms with Gasteiger partial charge in [0, 0.05) is 17.0 Å². The molecule has 0 amide bonds. The molecule has 1 aliphatic rings. The summed E-state index contributed by atoms with van der Waals surface area (Å²) >= 11 is 0. The van der Waals surface area contributed by atoms with Gasteiger partial charge >= 0.3 is 0 Å². The Morgan fingerprint density at radius 1 is 0.731 bits per heavy atom. The highest BCUT2D eigenvalue weighted by Crippen LogP contribution is 2.35. The van der Waals surface area contributed by atoms with E-state index in [2.05, 4.69) is 17.1 Å². The molecule has 5 rings (SSSR count). The van der Waals surface area contributed by atoms with Gasteiger partial charge in [0.05, 0.1) is 0 Å². The van der Waals surface area contributed by atoms with Gasteiger partial charge in [0.15, 0.2) is 11.5 Å². The summed E-state index contributed by atoms with van der Waals surface area (Å²) in [5.74, 6) is 2.31. The molecule has 2 heterocycles. The molecule has 0 radical (unpaired) electrons. The topological polar surface area (TPSA) is 54.5 Å². The van der Waals surface area contributed by atoms with E-state index in [1.807, 2.05) is 48.5 Å². The van der Waals surface area contributed by atoms with E-state index in [0.717, 1.165) is 39.6 Å². The Kier molecular flexibility index (Phi) is 3.74. The van der Waals surface area contributed by atoms with Gasteiger partial charge in [-0.1, -0.05) is 73.5 Å². The fraction of sp³-hybridized carbons (Fsp3) is 0.227. The highest BCUT2D eigenvalue weighted by Gasteiger charge is 2.22. The quantitative estimate of drug-likeness (QED) is 0.547. The maximum atomic E-state index is 4.90. The molecule has 1 N–H and O–H groups in total. The smallest absolute Gasteiger partial charge is 0.182 e. The number of rotatable bonds is 3. The lowest BCUT2D eigenvalue weighted by Crippen LogP contribution is -1.94. The zero-order valence-electron chi connectivity index (χ0n) is 14.5. The van der Waals surface area contributed by atoms with Crippen molar-refractivity contribution in [2.75, 3.05) is 0 Å². The van der Waals surface area contributed by atoms with Crippen LogP contribution in [0, 0.1) is 0 Å². The minimum absolute atomic E-state index is 0.521. The first-order valence-electron chi connectivity index (χ1n) is 9.27. The van der Waals surface area contributed by atoms with Crippen molar-refractivity contribution in [2.45, 2.75) is 31.6 Å². The van der Waals surface area contributed by atoms with Crippen molar-refractivity contribution in [1.29, 1.82) is 0 Å². The number of H-pyrrole nitrogens is 1. The van der Waals surface area contributed by atoms with Gasteiger partial charge in [0.25, 0.3) is 0 Å². The molecule has 2 aromatic heterocycles. The van der Waals surface area contributed by atoms with Gasteiger partial charge in [0.1, 0.15) is 17.0 Å². The number of aromatic amines is 1. The third-order valence-corrected chi connectivity index (χ3v) is 5.19. The third-order valence-electron chi connectivity index (χ3n) is 5.19. The number of nitrogens with zero attached hydrogens (tertiary/aromatic N) is 3. The first-order valence-corrected chi connectivity index (χ1v) is 9.27. The predicted molar refractivity (Wildman–Crippen MR) is 104 cm³/mol. The Labute approximate surface area is 152 Å². The molecule has 1 saturated carbocycles. The Balaban J connectivity index is 1.73. The minimum Gasteiger partial charge on any atom is -0.339 e. The Morgan fingerprint density at radius 3 is 2.08 bits per heavy atom. The summed E-state index contributed by atoms with van der Waals surface area (Å²) in [6, 6.07) is 20.4. The van der Waals surface area contributed by atoms with Gasteiger partial charge in [-0.25, -0.2) is 15.0 Å². The van der Waals surface area contributed by atoms with Crippen molar-refractivity contribution in [2.24, 2.45) is 0 Å². The largest absolute Gasteiger partial charge is 0.339 e. The van der Waals surface area contributed by atoms with Gasteiger partial charge < -0.3 is 4.98 Å². The fourth-order valence-corrected chi connectivity index (χ4v) is 3.83. The van der Waals surface area contributed by atoms with Crippen LogP contribution >= 0.6 is 0 Å². The van der Waals surface area contributed by atoms with E-state index >= 15 is 0 Å². The average molecular weight is 340 g/mol. The van der Waals surface area contributed by atoms with Crippen molar-refractivity contribution in [3.05, 3.63) is 66.5 Å². The highest BCUT2D eigenvalue weighted by molar-refractivity contribution is 5.89. The maximum Gasteiger partial charge on any atom is 0.182 e. The SMILES string of the molecule is c1ccc(-c2nc(-c3ccccc3)c3[nH]c(C4CCCC4)nc3n2)cc1. The van der Waals surface area contributed by atoms with Gasteiger partial charge in [0.2, 0.25) is 0 Å². The normalized spacial score (nSPS) is 14.9. The van der Waals surface area contributed by atoms with Crippen LogP contribution < -0.4 is 0 Å². The number of fused-ring (bicyclic) bond motifs is 1. The monoisotopic (exact) mass is 340 g/mol. The lowest BCUT2D eigenvalue weighted by Gasteiger charge is -2.06. The first kappa shape index (κ1) is 15.3. The van der Waals surface area contributed by atoms with Crippen molar-refractivity contribution >= 4 is 11.2 Å². The molecule has 0 bridgehead atoms. The van der Waals surface area contributed by atoms with E-state index in [9.17, 15) is 0 Å². The van der Waals surface area contributed by atoms with E-state index in [1.165, 1.54) is 25.7 Å². The number of hydrogen-bond donors (Lipinski definition) is 1. The number of hydrogen-bond acceptors (Lipinski definition) is 3. The molecule has 1 aliphatic carbocycles. The van der Waals surface area contributed by atoms with E-state index in [-0.39, 0.29) is 0 Å². The van der Waals surface area contributed by atoms with Gasteiger partial charge in [-0.3, -0.25) is 0 Å². The standard InChI is InChI=1S/C22H20N4/c1-3-9-15(10-4-1)18-19-22(26-21(24-19)17-13-7-8-14-17)25-20(23-18)16-11-5-2-6-12-16/h1-6,9-12,17H,7-8,13-14H2,(H,23,24,25,26). The predicted octanol–water partition coefficient (Wildman–Crippen LogP) is 5.34. The second-order valence-corrected chi connectivity index (χ2v) is 6.93. The van der Waals surface area contributed by atoms with Crippen LogP contribution in [0.15, 0.2) is 60.7 Å². The molecular weight excluding hydrogens is 320 g/mol. The van der Waals surface area contributed by atoms with Crippen LogP contribution in [-0.4, -0.2) is 19.9 Å². The van der Waals surface area contributed by atoms with Gasteiger partial charge in [-0.2, -0.15) is 0 Å². The highest BCUT2D eigenvalue weighted by atomic mass is 15.0. The molecule has 2 aromatic carbocycles. The average Bonchev–Trinajstić information content (AvgIpc) is 3.38. The van der Waals surface area contributed by atoms with Crippen molar-refractivity contribution < 1.29 is 0 Å². The van der Waals surface area contributed by atoms with Crippen LogP contribution in [-0.2, 0) is 0 Å². The number of nitrogens with one attached hydrogen (secondary N) is 1. The lowest BCUT2D eigenvalue weighted by atomic mass is 10.1. The Morgan fingerprint density at radius 2 is 1.38 bits per heavy atom. The van der Waals surface area contributed by atoms with Crippen LogP contribution in [0.2, 0.25) is 0 Å². The van der Waals surface area contributed by atoms with E-state index in [4.69, 9.17) is 15.0 Å². The summed E-state index contributed by atoms with van der Waals surface area (Å²) in [7, 11) is 0. The number of benzene rings is 2. The van der Waals surface area contributed by atoms with Crippen molar-refractivity contribution in [3.63, 3.8) is 0 Å². The summed E-state index contributed by atoms with van der Waals surface area (Å²) in [5.41, 5.74) is 4.72. The van der Waals surface area contributed by atoms with Crippen molar-refractivity contribution in [3.8, 4) is 22.6 Å². The molecule has 0 saturated heterocycles. The van der Waals surface area contributed by atoms with Crippen LogP contribution in [0.4, 0.5) is 0 Å². The van der Waals surface area contributed by atoms with Crippen LogP contribution in [0.5, 0.6) is 0 Å². The molecule has 4 aromatic rings. The summed E-state index contributed by atoms with van der Waals surface area (Å²) in [4.78, 5) is 18.1. The Hall–Kier alpha value is -3.01. The molecule has 0 atom stereocenters. The molecule has 128 valence electrons. The van der Waals surface area contributed by atoms with Crippen LogP contribution in [0.1, 0.15) is 37.4 Å². The van der Waals surface area contributed by atoms with Gasteiger partial charge in [-0.15, -0.1) is 0 Å². The summed E-state index contributed by atoms with van der Waals surface area (Å²) < 4.78 is 0. The maximum absolute atomic E-state index is 4.90. The van der Waals surface area contributed by atoms with E-state index in [0.29, 0.717) is 5.92 Å². The molecule has 4 heteroatoms. The van der Waals surface area contributed by atoms with Crippen LogP contribution in [0.3, 0.4) is 0 Å². The second kappa shape index (κ2) is 6.37. The third kappa shape index (κ3) is 2.68. The van der Waals surface area contributed by atoms with Crippen molar-refractivity contribution in [1.82, 2.24) is 19.9 Å². The second-order valence-electron chi connectivity index (χ2n) is 6.93. The summed E-state index contributed by atoms with van der Waals surface area (Å²) in [6.07, 6.45) is 4.99. The number of imidazole rings is 1. The fourth-order valence-electron chi connectivity index (χ4n) is 3.83. The van der Waals surface area contributed by atoms with Gasteiger partial charge in [-0.05, 0) is 12.8 Å². The molecule has 0 unspecified atom stereocenters. The molecule has 0 aliphatic heterocycles. The molecule has 1 fully saturated rings. The van der Waals surface area contributed by atoms with E-state index < -0.39 is 0 Å². The minimum atomic E-state index is 0.521. The zero-order chi connectivity index (χ0) is 17.3. The van der Waals surface area contributed by atoms with Crippen LogP contribution in [0.25, 0.3) is 33.8 Å². The molecule has 4 nitrogen and oxygen atoms in total. The van der Waals surface area contributed by atoms with E-state index in [1.54, 1.807) is 0 Å². The Bertz CT molecular complexity index is 1030. The summed E-state index contributed by atoms with van der Waals surface area (Å²) in [6.45, 7) is 0. The molecule has 0 spiro atoms. The zero-order valence-corrected chi connectivity index (χ0v) is 14.5. The number of aromatic nitrogens is 4. The first-order chi connectivity index (χ1) is 12.9. The summed E-state index contributed by atoms with van der Waals surface area (Å²) in [5, 5.41) is 0.